The van der Waals surface area contributed by atoms with Crippen LogP contribution >= 0.6 is 0 Å². The molecular weight excluding hydrogens is 345 g/mol. The van der Waals surface area contributed by atoms with E-state index in [0.717, 1.165) is 49.8 Å². The number of amides is 2. The Kier molecular flexibility index (Phi) is 4.60. The second kappa shape index (κ2) is 6.80. The van der Waals surface area contributed by atoms with Gasteiger partial charge in [0.1, 0.15) is 11.9 Å². The van der Waals surface area contributed by atoms with Crippen LogP contribution in [0.1, 0.15) is 51.0 Å². The van der Waals surface area contributed by atoms with Crippen LogP contribution in [0.3, 0.4) is 0 Å². The zero-order valence-corrected chi connectivity index (χ0v) is 15.9. The van der Waals surface area contributed by atoms with Gasteiger partial charge >= 0.3 is 0 Å². The summed E-state index contributed by atoms with van der Waals surface area (Å²) in [5.41, 5.74) is 6.96. The Morgan fingerprint density at radius 2 is 2.00 bits per heavy atom. The second-order valence-corrected chi connectivity index (χ2v) is 8.45. The summed E-state index contributed by atoms with van der Waals surface area (Å²) in [6.07, 6.45) is 5.71. The Hall–Kier alpha value is -2.11. The van der Waals surface area contributed by atoms with Crippen LogP contribution < -0.4 is 10.6 Å². The molecule has 2 N–H and O–H groups in total. The third-order valence-corrected chi connectivity index (χ3v) is 6.83. The fraction of sp³-hybridized carbons (Fsp3) is 0.619. The zero-order chi connectivity index (χ0) is 19.2. The van der Waals surface area contributed by atoms with Crippen molar-refractivity contribution in [1.82, 2.24) is 4.90 Å². The third-order valence-electron chi connectivity index (χ3n) is 6.83. The highest BCUT2D eigenvalue weighted by molar-refractivity contribution is 5.87. The summed E-state index contributed by atoms with van der Waals surface area (Å²) in [6.45, 7) is 3.65. The topological polar surface area (TPSA) is 66.6 Å². The molecule has 5 nitrogen and oxygen atoms in total. The first kappa shape index (κ1) is 18.3. The van der Waals surface area contributed by atoms with E-state index in [9.17, 15) is 14.0 Å². The van der Waals surface area contributed by atoms with Crippen LogP contribution in [0.2, 0.25) is 0 Å². The van der Waals surface area contributed by atoms with Gasteiger partial charge in [-0.25, -0.2) is 4.39 Å². The van der Waals surface area contributed by atoms with E-state index >= 15 is 0 Å². The first-order chi connectivity index (χ1) is 12.9. The third kappa shape index (κ3) is 2.99. The molecule has 2 amide bonds. The minimum atomic E-state index is -0.378. The van der Waals surface area contributed by atoms with Crippen molar-refractivity contribution in [1.29, 1.82) is 0 Å². The summed E-state index contributed by atoms with van der Waals surface area (Å²) in [4.78, 5) is 28.6. The number of anilines is 1. The van der Waals surface area contributed by atoms with Crippen molar-refractivity contribution in [2.45, 2.75) is 56.9 Å². The summed E-state index contributed by atoms with van der Waals surface area (Å²) in [5.74, 6) is -0.743. The molecule has 2 aliphatic heterocycles. The van der Waals surface area contributed by atoms with Gasteiger partial charge < -0.3 is 15.5 Å². The van der Waals surface area contributed by atoms with E-state index < -0.39 is 0 Å². The van der Waals surface area contributed by atoms with Gasteiger partial charge in [0, 0.05) is 36.3 Å². The number of fused-ring (bicyclic) bond motifs is 2. The largest absolute Gasteiger partial charge is 0.369 e. The van der Waals surface area contributed by atoms with Gasteiger partial charge in [-0.3, -0.25) is 9.59 Å². The quantitative estimate of drug-likeness (QED) is 0.886. The molecule has 1 saturated heterocycles. The second-order valence-electron chi connectivity index (χ2n) is 8.45. The van der Waals surface area contributed by atoms with Crippen molar-refractivity contribution in [3.63, 3.8) is 0 Å². The van der Waals surface area contributed by atoms with E-state index in [1.54, 1.807) is 11.0 Å². The monoisotopic (exact) mass is 373 g/mol. The number of carbonyl (C=O) groups excluding carboxylic acids is 2. The first-order valence-corrected chi connectivity index (χ1v) is 10.1. The molecular formula is C21H28FN3O2. The van der Waals surface area contributed by atoms with Crippen LogP contribution in [0.4, 0.5) is 10.1 Å². The first-order valence-electron chi connectivity index (χ1n) is 10.1. The number of likely N-dealkylation sites (tertiary alicyclic amines) is 1. The lowest BCUT2D eigenvalue weighted by Gasteiger charge is -2.36. The average Bonchev–Trinajstić information content (AvgIpc) is 3.27. The van der Waals surface area contributed by atoms with E-state index in [1.807, 2.05) is 13.0 Å². The van der Waals surface area contributed by atoms with E-state index in [4.69, 9.17) is 5.73 Å². The number of hydrogen-bond acceptors (Lipinski definition) is 3. The Morgan fingerprint density at radius 1 is 1.26 bits per heavy atom. The molecule has 1 saturated carbocycles. The van der Waals surface area contributed by atoms with Crippen LogP contribution in [-0.2, 0) is 15.0 Å². The fourth-order valence-corrected chi connectivity index (χ4v) is 5.38. The predicted molar refractivity (Wildman–Crippen MR) is 102 cm³/mol. The normalized spacial score (nSPS) is 24.9. The number of hydrogen-bond donors (Lipinski definition) is 1. The molecule has 1 aromatic rings. The number of nitrogens with two attached hydrogens (primary N) is 1. The Bertz CT molecular complexity index is 760. The zero-order valence-electron chi connectivity index (χ0n) is 15.9. The van der Waals surface area contributed by atoms with E-state index in [2.05, 4.69) is 4.90 Å². The minimum Gasteiger partial charge on any atom is -0.369 e. The molecule has 0 aromatic heterocycles. The van der Waals surface area contributed by atoms with Crippen molar-refractivity contribution in [2.75, 3.05) is 24.5 Å². The molecule has 0 radical (unpaired) electrons. The maximum Gasteiger partial charge on any atom is 0.245 e. The number of rotatable bonds is 3. The Balaban J connectivity index is 1.59. The van der Waals surface area contributed by atoms with E-state index in [0.29, 0.717) is 19.6 Å². The van der Waals surface area contributed by atoms with Crippen molar-refractivity contribution in [2.24, 2.45) is 11.7 Å². The average molecular weight is 373 g/mol. The molecule has 146 valence electrons. The molecule has 3 aliphatic rings. The molecule has 2 heterocycles. The smallest absolute Gasteiger partial charge is 0.245 e. The van der Waals surface area contributed by atoms with Crippen molar-refractivity contribution in [3.05, 3.63) is 29.6 Å². The van der Waals surface area contributed by atoms with Gasteiger partial charge in [0.2, 0.25) is 11.8 Å². The number of piperidine rings is 1. The minimum absolute atomic E-state index is 0.00575. The van der Waals surface area contributed by atoms with E-state index in [-0.39, 0.29) is 35.0 Å². The van der Waals surface area contributed by atoms with Gasteiger partial charge in [-0.15, -0.1) is 0 Å². The summed E-state index contributed by atoms with van der Waals surface area (Å²) in [6, 6.07) is 4.84. The summed E-state index contributed by atoms with van der Waals surface area (Å²) in [7, 11) is 0. The lowest BCUT2D eigenvalue weighted by Crippen LogP contribution is -2.52. The summed E-state index contributed by atoms with van der Waals surface area (Å²) < 4.78 is 14.7. The van der Waals surface area contributed by atoms with Gasteiger partial charge in [-0.05, 0) is 44.7 Å². The van der Waals surface area contributed by atoms with Crippen molar-refractivity contribution < 1.29 is 14.0 Å². The van der Waals surface area contributed by atoms with Gasteiger partial charge in [-0.1, -0.05) is 18.9 Å². The molecule has 2 unspecified atom stereocenters. The van der Waals surface area contributed by atoms with Crippen LogP contribution in [0.15, 0.2) is 18.2 Å². The van der Waals surface area contributed by atoms with Gasteiger partial charge in [-0.2, -0.15) is 0 Å². The standard InChI is InChI=1S/C21H28FN3O2/c1-14(20(27)24-11-5-6-15(12-24)19(23)26)25-13-21(9-2-3-10-21)18-16(22)7-4-8-17(18)25/h4,7-8,14-15H,2-3,5-6,9-13H2,1H3,(H2,23,26). The highest BCUT2D eigenvalue weighted by Gasteiger charge is 2.48. The number of carbonyl (C=O) groups is 2. The number of halogens is 1. The number of benzene rings is 1. The van der Waals surface area contributed by atoms with Crippen LogP contribution in [-0.4, -0.2) is 42.4 Å². The number of nitrogens with zero attached hydrogens (tertiary/aromatic N) is 2. The molecule has 1 aromatic carbocycles. The predicted octanol–water partition coefficient (Wildman–Crippen LogP) is 2.57. The fourth-order valence-electron chi connectivity index (χ4n) is 5.38. The van der Waals surface area contributed by atoms with Crippen LogP contribution in [0.5, 0.6) is 0 Å². The van der Waals surface area contributed by atoms with Gasteiger partial charge in [0.05, 0.1) is 5.92 Å². The van der Waals surface area contributed by atoms with Crippen molar-refractivity contribution >= 4 is 17.5 Å². The van der Waals surface area contributed by atoms with Crippen LogP contribution in [0, 0.1) is 11.7 Å². The highest BCUT2D eigenvalue weighted by Crippen LogP contribution is 2.52. The van der Waals surface area contributed by atoms with Gasteiger partial charge in [0.15, 0.2) is 0 Å². The lowest BCUT2D eigenvalue weighted by atomic mass is 9.80. The molecule has 6 heteroatoms. The SMILES string of the molecule is CC(C(=O)N1CCCC(C(N)=O)C1)N1CC2(CCCC2)c2c(F)cccc21. The summed E-state index contributed by atoms with van der Waals surface area (Å²) >= 11 is 0. The maximum absolute atomic E-state index is 14.7. The number of primary amides is 1. The molecule has 1 spiro atoms. The molecule has 4 rings (SSSR count). The lowest BCUT2D eigenvalue weighted by molar-refractivity contribution is -0.135. The van der Waals surface area contributed by atoms with E-state index in [1.165, 1.54) is 6.07 Å². The highest BCUT2D eigenvalue weighted by atomic mass is 19.1. The van der Waals surface area contributed by atoms with Crippen LogP contribution in [0.25, 0.3) is 0 Å². The molecule has 27 heavy (non-hydrogen) atoms. The molecule has 2 atom stereocenters. The Labute approximate surface area is 159 Å². The summed E-state index contributed by atoms with van der Waals surface area (Å²) in [5, 5.41) is 0. The molecule has 0 bridgehead atoms. The Morgan fingerprint density at radius 3 is 2.70 bits per heavy atom. The van der Waals surface area contributed by atoms with Gasteiger partial charge in [0.25, 0.3) is 0 Å². The van der Waals surface area contributed by atoms with Crippen molar-refractivity contribution in [3.8, 4) is 0 Å². The maximum atomic E-state index is 14.7. The molecule has 1 aliphatic carbocycles. The molecule has 2 fully saturated rings.